The zero-order chi connectivity index (χ0) is 14.5. The van der Waals surface area contributed by atoms with Gasteiger partial charge in [0.25, 0.3) is 0 Å². The zero-order valence-electron chi connectivity index (χ0n) is 10.3. The molecule has 0 amide bonds. The summed E-state index contributed by atoms with van der Waals surface area (Å²) in [6.07, 6.45) is -1.38. The van der Waals surface area contributed by atoms with Crippen molar-refractivity contribution in [3.8, 4) is 11.1 Å². The molecule has 0 heterocycles. The summed E-state index contributed by atoms with van der Waals surface area (Å²) >= 11 is 0. The Kier molecular flexibility index (Phi) is 4.44. The first kappa shape index (κ1) is 14.2. The molecule has 2 aromatic rings. The average molecular weight is 276 g/mol. The van der Waals surface area contributed by atoms with Crippen LogP contribution in [0.15, 0.2) is 48.5 Å². The molecular weight excluding hydrogens is 264 g/mol. The van der Waals surface area contributed by atoms with E-state index in [9.17, 15) is 9.90 Å². The summed E-state index contributed by atoms with van der Waals surface area (Å²) in [5.41, 5.74) is 2.34. The molecule has 2 aromatic carbocycles. The molecule has 0 fully saturated rings. The van der Waals surface area contributed by atoms with E-state index in [0.29, 0.717) is 5.56 Å². The molecule has 0 aromatic heterocycles. The van der Waals surface area contributed by atoms with E-state index >= 15 is 0 Å². The van der Waals surface area contributed by atoms with E-state index < -0.39 is 12.3 Å². The Hall–Kier alpha value is -2.25. The van der Waals surface area contributed by atoms with Crippen molar-refractivity contribution < 1.29 is 30.2 Å². The van der Waals surface area contributed by atoms with Crippen LogP contribution in [0.2, 0.25) is 0 Å². The SMILES string of the molecule is O=C(OO)c1ccc(-c2ccc(C(O)OO)cc2)cc1. The predicted molar refractivity (Wildman–Crippen MR) is 68.6 cm³/mol. The highest BCUT2D eigenvalue weighted by molar-refractivity contribution is 5.89. The molecule has 2 rings (SSSR count). The molecule has 104 valence electrons. The maximum absolute atomic E-state index is 11.1. The molecule has 0 saturated carbocycles. The molecular formula is C14H12O6. The molecule has 1 atom stereocenters. The van der Waals surface area contributed by atoms with Gasteiger partial charge in [-0.25, -0.2) is 14.9 Å². The van der Waals surface area contributed by atoms with Crippen LogP contribution in [0.5, 0.6) is 0 Å². The quantitative estimate of drug-likeness (QED) is 0.451. The number of hydrogen-bond donors (Lipinski definition) is 3. The molecule has 6 nitrogen and oxygen atoms in total. The van der Waals surface area contributed by atoms with E-state index in [4.69, 9.17) is 10.5 Å². The summed E-state index contributed by atoms with van der Waals surface area (Å²) in [5, 5.41) is 25.9. The molecule has 20 heavy (non-hydrogen) atoms. The highest BCUT2D eigenvalue weighted by atomic mass is 17.1. The van der Waals surface area contributed by atoms with E-state index in [1.807, 2.05) is 0 Å². The Balaban J connectivity index is 2.21. The monoisotopic (exact) mass is 276 g/mol. The van der Waals surface area contributed by atoms with E-state index in [1.165, 1.54) is 12.1 Å². The van der Waals surface area contributed by atoms with Gasteiger partial charge in [-0.3, -0.25) is 4.89 Å². The molecule has 1 unspecified atom stereocenters. The summed E-state index contributed by atoms with van der Waals surface area (Å²) in [7, 11) is 0. The topological polar surface area (TPSA) is 96.2 Å². The molecule has 0 aliphatic heterocycles. The van der Waals surface area contributed by atoms with Gasteiger partial charge in [-0.1, -0.05) is 36.4 Å². The molecule has 0 radical (unpaired) electrons. The lowest BCUT2D eigenvalue weighted by Crippen LogP contribution is -2.01. The van der Waals surface area contributed by atoms with Gasteiger partial charge in [0, 0.05) is 5.56 Å². The Morgan fingerprint density at radius 1 is 0.900 bits per heavy atom. The number of carbonyl (C=O) groups is 1. The smallest absolute Gasteiger partial charge is 0.362 e. The molecule has 0 saturated heterocycles. The molecule has 0 aliphatic rings. The van der Waals surface area contributed by atoms with Gasteiger partial charge in [-0.05, 0) is 23.3 Å². The van der Waals surface area contributed by atoms with Gasteiger partial charge in [0.05, 0.1) is 5.56 Å². The lowest BCUT2D eigenvalue weighted by Gasteiger charge is -2.08. The van der Waals surface area contributed by atoms with Crippen molar-refractivity contribution in [3.05, 3.63) is 59.7 Å². The van der Waals surface area contributed by atoms with Gasteiger partial charge in [-0.15, -0.1) is 0 Å². The maximum atomic E-state index is 11.1. The summed E-state index contributed by atoms with van der Waals surface area (Å²) in [6, 6.07) is 13.1. The Bertz CT molecular complexity index is 576. The van der Waals surface area contributed by atoms with Crippen molar-refractivity contribution in [1.29, 1.82) is 0 Å². The standard InChI is InChI=1S/C14H12O6/c15-13(19-17)11-5-1-9(2-6-11)10-3-7-12(8-4-10)14(16)20-18/h1-8,13,15,17-18H. The van der Waals surface area contributed by atoms with Crippen LogP contribution in [-0.4, -0.2) is 21.6 Å². The van der Waals surface area contributed by atoms with Crippen LogP contribution in [0.25, 0.3) is 11.1 Å². The molecule has 0 bridgehead atoms. The number of hydrogen-bond acceptors (Lipinski definition) is 6. The fraction of sp³-hybridized carbons (Fsp3) is 0.0714. The zero-order valence-corrected chi connectivity index (χ0v) is 10.3. The van der Waals surface area contributed by atoms with E-state index in [0.717, 1.165) is 11.1 Å². The predicted octanol–water partition coefficient (Wildman–Crippen LogP) is 2.46. The highest BCUT2D eigenvalue weighted by Gasteiger charge is 2.09. The van der Waals surface area contributed by atoms with Crippen LogP contribution in [0.3, 0.4) is 0 Å². The second-order valence-electron chi connectivity index (χ2n) is 4.04. The van der Waals surface area contributed by atoms with Crippen molar-refractivity contribution in [2.24, 2.45) is 0 Å². The number of benzene rings is 2. The summed E-state index contributed by atoms with van der Waals surface area (Å²) in [4.78, 5) is 18.5. The second-order valence-corrected chi connectivity index (χ2v) is 4.04. The minimum absolute atomic E-state index is 0.233. The third kappa shape index (κ3) is 3.01. The minimum atomic E-state index is -1.38. The molecule has 0 aliphatic carbocycles. The third-order valence-electron chi connectivity index (χ3n) is 2.83. The number of aliphatic hydroxyl groups excluding tert-OH is 1. The first-order valence-corrected chi connectivity index (χ1v) is 5.70. The van der Waals surface area contributed by atoms with Crippen molar-refractivity contribution >= 4 is 5.97 Å². The summed E-state index contributed by atoms with van der Waals surface area (Å²) < 4.78 is 0. The maximum Gasteiger partial charge on any atom is 0.372 e. The molecule has 3 N–H and O–H groups in total. The van der Waals surface area contributed by atoms with Gasteiger partial charge in [0.2, 0.25) is 6.29 Å². The first-order chi connectivity index (χ1) is 9.65. The number of carbonyl (C=O) groups excluding carboxylic acids is 1. The normalized spacial score (nSPS) is 11.9. The second kappa shape index (κ2) is 6.27. The van der Waals surface area contributed by atoms with Crippen LogP contribution in [-0.2, 0) is 9.78 Å². The number of aliphatic hydroxyl groups is 1. The lowest BCUT2D eigenvalue weighted by atomic mass is 10.0. The Morgan fingerprint density at radius 3 is 1.85 bits per heavy atom. The van der Waals surface area contributed by atoms with E-state index in [1.54, 1.807) is 36.4 Å². The van der Waals surface area contributed by atoms with Crippen molar-refractivity contribution in [1.82, 2.24) is 0 Å². The number of rotatable bonds is 4. The van der Waals surface area contributed by atoms with Crippen molar-refractivity contribution in [2.75, 3.05) is 0 Å². The lowest BCUT2D eigenvalue weighted by molar-refractivity contribution is -0.339. The first-order valence-electron chi connectivity index (χ1n) is 5.70. The van der Waals surface area contributed by atoms with Gasteiger partial charge in [0.1, 0.15) is 0 Å². The van der Waals surface area contributed by atoms with Crippen LogP contribution in [0.1, 0.15) is 22.2 Å². The third-order valence-corrected chi connectivity index (χ3v) is 2.83. The Labute approximate surface area is 114 Å². The Morgan fingerprint density at radius 2 is 1.40 bits per heavy atom. The van der Waals surface area contributed by atoms with Crippen LogP contribution >= 0.6 is 0 Å². The summed E-state index contributed by atoms with van der Waals surface area (Å²) in [6.45, 7) is 0. The summed E-state index contributed by atoms with van der Waals surface area (Å²) in [5.74, 6) is -0.824. The van der Waals surface area contributed by atoms with Gasteiger partial charge in [-0.2, -0.15) is 5.26 Å². The van der Waals surface area contributed by atoms with Crippen molar-refractivity contribution in [2.45, 2.75) is 6.29 Å². The van der Waals surface area contributed by atoms with Crippen LogP contribution < -0.4 is 0 Å². The molecule has 0 spiro atoms. The fourth-order valence-corrected chi connectivity index (χ4v) is 1.75. The largest absolute Gasteiger partial charge is 0.372 e. The van der Waals surface area contributed by atoms with Gasteiger partial charge < -0.3 is 5.11 Å². The minimum Gasteiger partial charge on any atom is -0.362 e. The fourth-order valence-electron chi connectivity index (χ4n) is 1.75. The van der Waals surface area contributed by atoms with Crippen LogP contribution in [0.4, 0.5) is 0 Å². The van der Waals surface area contributed by atoms with E-state index in [2.05, 4.69) is 9.78 Å². The van der Waals surface area contributed by atoms with Gasteiger partial charge in [0.15, 0.2) is 0 Å². The molecule has 6 heteroatoms. The van der Waals surface area contributed by atoms with Gasteiger partial charge >= 0.3 is 5.97 Å². The average Bonchev–Trinajstić information content (AvgIpc) is 2.53. The van der Waals surface area contributed by atoms with Crippen molar-refractivity contribution in [3.63, 3.8) is 0 Å². The van der Waals surface area contributed by atoms with Crippen LogP contribution in [0, 0.1) is 0 Å². The highest BCUT2D eigenvalue weighted by Crippen LogP contribution is 2.22. The van der Waals surface area contributed by atoms with E-state index in [-0.39, 0.29) is 5.56 Å².